The molecule has 0 spiro atoms. The molecule has 0 bridgehead atoms. The SMILES string of the molecule is [2H]C1(CC)C(=O)CC(COC)N1Cc1ccccc1. The van der Waals surface area contributed by atoms with Crippen molar-refractivity contribution in [3.05, 3.63) is 35.9 Å². The number of hydrogen-bond donors (Lipinski definition) is 0. The Balaban J connectivity index is 2.23. The molecule has 2 unspecified atom stereocenters. The third kappa shape index (κ3) is 2.79. The predicted octanol–water partition coefficient (Wildman–Crippen LogP) is 2.26. The highest BCUT2D eigenvalue weighted by Gasteiger charge is 2.38. The fourth-order valence-corrected chi connectivity index (χ4v) is 2.57. The number of ketones is 1. The van der Waals surface area contributed by atoms with Gasteiger partial charge in [0.05, 0.1) is 14.0 Å². The Morgan fingerprint density at radius 3 is 2.78 bits per heavy atom. The van der Waals surface area contributed by atoms with Crippen LogP contribution in [0.15, 0.2) is 30.3 Å². The van der Waals surface area contributed by atoms with Crippen molar-refractivity contribution in [2.24, 2.45) is 0 Å². The first-order valence-corrected chi connectivity index (χ1v) is 6.44. The molecule has 3 nitrogen and oxygen atoms in total. The van der Waals surface area contributed by atoms with Gasteiger partial charge in [0.1, 0.15) is 0 Å². The molecule has 1 aromatic carbocycles. The lowest BCUT2D eigenvalue weighted by Crippen LogP contribution is -2.38. The first-order valence-electron chi connectivity index (χ1n) is 6.94. The van der Waals surface area contributed by atoms with Gasteiger partial charge in [0.2, 0.25) is 0 Å². The van der Waals surface area contributed by atoms with Crippen LogP contribution < -0.4 is 0 Å². The van der Waals surface area contributed by atoms with Crippen molar-refractivity contribution in [2.75, 3.05) is 13.7 Å². The van der Waals surface area contributed by atoms with E-state index in [-0.39, 0.29) is 11.8 Å². The van der Waals surface area contributed by atoms with Crippen LogP contribution in [0.5, 0.6) is 0 Å². The van der Waals surface area contributed by atoms with E-state index in [4.69, 9.17) is 6.11 Å². The molecule has 1 heterocycles. The number of rotatable bonds is 5. The number of methoxy groups -OCH3 is 1. The Bertz CT molecular complexity index is 437. The fourth-order valence-electron chi connectivity index (χ4n) is 2.57. The van der Waals surface area contributed by atoms with Gasteiger partial charge in [-0.2, -0.15) is 0 Å². The molecule has 2 atom stereocenters. The van der Waals surface area contributed by atoms with E-state index in [1.165, 1.54) is 0 Å². The van der Waals surface area contributed by atoms with E-state index in [9.17, 15) is 4.79 Å². The fraction of sp³-hybridized carbons (Fsp3) is 0.533. The second kappa shape index (κ2) is 6.12. The van der Waals surface area contributed by atoms with E-state index in [0.717, 1.165) is 5.56 Å². The topological polar surface area (TPSA) is 29.5 Å². The number of benzene rings is 1. The third-order valence-electron chi connectivity index (χ3n) is 3.42. The van der Waals surface area contributed by atoms with Gasteiger partial charge in [0, 0.05) is 26.1 Å². The maximum Gasteiger partial charge on any atom is 0.151 e. The second-order valence-electron chi connectivity index (χ2n) is 4.65. The van der Waals surface area contributed by atoms with Gasteiger partial charge in [-0.15, -0.1) is 0 Å². The molecule has 0 aromatic heterocycles. The van der Waals surface area contributed by atoms with Crippen LogP contribution in [0.3, 0.4) is 0 Å². The molecule has 0 N–H and O–H groups in total. The highest BCUT2D eigenvalue weighted by molar-refractivity contribution is 5.86. The standard InChI is InChI=1S/C15H21NO2/c1-3-14-15(17)9-13(11-18-2)16(14)10-12-7-5-4-6-8-12/h4-8,13-14H,3,9-11H2,1-2H3/i14D. The van der Waals surface area contributed by atoms with Crippen molar-refractivity contribution in [2.45, 2.75) is 38.4 Å². The van der Waals surface area contributed by atoms with Crippen LogP contribution in [0.1, 0.15) is 26.7 Å². The van der Waals surface area contributed by atoms with Gasteiger partial charge in [-0.05, 0) is 12.0 Å². The Labute approximate surface area is 110 Å². The van der Waals surface area contributed by atoms with Crippen LogP contribution in [0, 0.1) is 0 Å². The van der Waals surface area contributed by atoms with Gasteiger partial charge in [0.25, 0.3) is 0 Å². The number of likely N-dealkylation sites (tertiary alicyclic amines) is 1. The van der Waals surface area contributed by atoms with Crippen molar-refractivity contribution in [3.63, 3.8) is 0 Å². The van der Waals surface area contributed by atoms with E-state index in [1.807, 2.05) is 42.2 Å². The van der Waals surface area contributed by atoms with Crippen LogP contribution in [0.25, 0.3) is 0 Å². The van der Waals surface area contributed by atoms with Crippen LogP contribution in [-0.2, 0) is 16.1 Å². The summed E-state index contributed by atoms with van der Waals surface area (Å²) in [4.78, 5) is 14.1. The minimum absolute atomic E-state index is 0.00739. The minimum atomic E-state index is -1.10. The summed E-state index contributed by atoms with van der Waals surface area (Å²) >= 11 is 0. The van der Waals surface area contributed by atoms with Crippen LogP contribution in [-0.4, -0.2) is 36.5 Å². The average Bonchev–Trinajstić information content (AvgIpc) is 2.66. The van der Waals surface area contributed by atoms with E-state index in [2.05, 4.69) is 0 Å². The molecule has 0 saturated carbocycles. The molecule has 0 amide bonds. The summed E-state index contributed by atoms with van der Waals surface area (Å²) in [5, 5.41) is 0. The highest BCUT2D eigenvalue weighted by Crippen LogP contribution is 2.25. The minimum Gasteiger partial charge on any atom is -0.383 e. The summed E-state index contributed by atoms with van der Waals surface area (Å²) in [6.45, 7) is 3.02. The molecule has 98 valence electrons. The van der Waals surface area contributed by atoms with E-state index < -0.39 is 6.02 Å². The Kier molecular flexibility index (Phi) is 4.04. The smallest absolute Gasteiger partial charge is 0.151 e. The van der Waals surface area contributed by atoms with Crippen molar-refractivity contribution in [1.29, 1.82) is 0 Å². The van der Waals surface area contributed by atoms with E-state index in [0.29, 0.717) is 26.0 Å². The van der Waals surface area contributed by atoms with Crippen molar-refractivity contribution in [3.8, 4) is 0 Å². The number of Topliss-reactive ketones (excluding diaryl/α,β-unsaturated/α-hetero) is 1. The molecule has 1 aliphatic heterocycles. The van der Waals surface area contributed by atoms with Gasteiger partial charge in [-0.3, -0.25) is 9.69 Å². The summed E-state index contributed by atoms with van der Waals surface area (Å²) in [5.74, 6) is 0.00739. The quantitative estimate of drug-likeness (QED) is 0.800. The summed E-state index contributed by atoms with van der Waals surface area (Å²) < 4.78 is 13.7. The average molecular weight is 248 g/mol. The van der Waals surface area contributed by atoms with Crippen molar-refractivity contribution in [1.82, 2.24) is 4.90 Å². The van der Waals surface area contributed by atoms with Gasteiger partial charge in [-0.1, -0.05) is 37.3 Å². The van der Waals surface area contributed by atoms with Crippen LogP contribution >= 0.6 is 0 Å². The van der Waals surface area contributed by atoms with Gasteiger partial charge < -0.3 is 4.74 Å². The molecule has 0 radical (unpaired) electrons. The van der Waals surface area contributed by atoms with Crippen LogP contribution in [0.4, 0.5) is 0 Å². The summed E-state index contributed by atoms with van der Waals surface area (Å²) in [6.07, 6.45) is 0.927. The molecule has 1 aliphatic rings. The lowest BCUT2D eigenvalue weighted by molar-refractivity contribution is -0.120. The molecule has 1 aromatic rings. The number of carbonyl (C=O) groups is 1. The maximum atomic E-state index is 12.1. The first kappa shape index (κ1) is 11.9. The monoisotopic (exact) mass is 248 g/mol. The predicted molar refractivity (Wildman–Crippen MR) is 71.4 cm³/mol. The number of nitrogens with zero attached hydrogens (tertiary/aromatic N) is 1. The van der Waals surface area contributed by atoms with Gasteiger partial charge in [0.15, 0.2) is 5.78 Å². The van der Waals surface area contributed by atoms with Crippen LogP contribution in [0.2, 0.25) is 0 Å². The number of carbonyl (C=O) groups excluding carboxylic acids is 1. The lowest BCUT2D eigenvalue weighted by Gasteiger charge is -2.28. The van der Waals surface area contributed by atoms with Crippen molar-refractivity contribution >= 4 is 5.78 Å². The molecular weight excluding hydrogens is 226 g/mol. The Morgan fingerprint density at radius 1 is 1.44 bits per heavy atom. The molecule has 18 heavy (non-hydrogen) atoms. The Morgan fingerprint density at radius 2 is 2.17 bits per heavy atom. The van der Waals surface area contributed by atoms with Crippen molar-refractivity contribution < 1.29 is 10.9 Å². The molecule has 0 aliphatic carbocycles. The zero-order valence-electron chi connectivity index (χ0n) is 12.1. The molecule has 2 rings (SSSR count). The zero-order valence-corrected chi connectivity index (χ0v) is 11.1. The van der Waals surface area contributed by atoms with Gasteiger partial charge in [-0.25, -0.2) is 0 Å². The maximum absolute atomic E-state index is 12.1. The van der Waals surface area contributed by atoms with E-state index in [1.54, 1.807) is 7.11 Å². The number of ether oxygens (including phenoxy) is 1. The first-order chi connectivity index (χ1) is 9.11. The normalized spacial score (nSPS) is 29.6. The number of hydrogen-bond acceptors (Lipinski definition) is 3. The molecule has 1 saturated heterocycles. The zero-order chi connectivity index (χ0) is 13.9. The third-order valence-corrected chi connectivity index (χ3v) is 3.42. The second-order valence-corrected chi connectivity index (χ2v) is 4.65. The largest absolute Gasteiger partial charge is 0.383 e. The summed E-state index contributed by atoms with van der Waals surface area (Å²) in [7, 11) is 1.64. The molecule has 3 heteroatoms. The molecular formula is C15H21NO2. The summed E-state index contributed by atoms with van der Waals surface area (Å²) in [6, 6.07) is 8.91. The highest BCUT2D eigenvalue weighted by atomic mass is 16.5. The van der Waals surface area contributed by atoms with E-state index >= 15 is 0 Å². The Hall–Kier alpha value is -1.19. The summed E-state index contributed by atoms with van der Waals surface area (Å²) in [5.41, 5.74) is 1.13. The van der Waals surface area contributed by atoms with Gasteiger partial charge >= 0.3 is 0 Å². The lowest BCUT2D eigenvalue weighted by atomic mass is 10.1. The molecule has 1 fully saturated rings.